The molecule has 4 aromatic rings. The summed E-state index contributed by atoms with van der Waals surface area (Å²) in [7, 11) is 0. The van der Waals surface area contributed by atoms with Gasteiger partial charge in [-0.15, -0.1) is 0 Å². The molecular formula is C35H40. The van der Waals surface area contributed by atoms with E-state index in [9.17, 15) is 0 Å². The molecule has 0 spiro atoms. The standard InChI is InChI=1S/C35H40/c1-4-7-10-27-12-16-29(17-13-27)30-20-22-31(23-21-30)33-24-25-35(34(26-33)9-6-3)32-18-14-28(15-19-32)11-8-5-2/h12-26H,4-11H2,1-3H3. The molecule has 0 aliphatic carbocycles. The molecule has 0 saturated heterocycles. The lowest BCUT2D eigenvalue weighted by Crippen LogP contribution is -1.92. The van der Waals surface area contributed by atoms with Crippen LogP contribution in [0, 0.1) is 0 Å². The molecule has 0 atom stereocenters. The molecule has 0 heteroatoms. The van der Waals surface area contributed by atoms with E-state index in [0.29, 0.717) is 0 Å². The number of rotatable bonds is 11. The van der Waals surface area contributed by atoms with Crippen LogP contribution in [0.1, 0.15) is 69.6 Å². The molecule has 0 radical (unpaired) electrons. The second kappa shape index (κ2) is 12.5. The zero-order chi connectivity index (χ0) is 24.5. The predicted octanol–water partition coefficient (Wildman–Crippen LogP) is 10.3. The zero-order valence-corrected chi connectivity index (χ0v) is 21.8. The van der Waals surface area contributed by atoms with Gasteiger partial charge in [-0.2, -0.15) is 0 Å². The summed E-state index contributed by atoms with van der Waals surface area (Å²) in [5.74, 6) is 0. The van der Waals surface area contributed by atoms with Crippen molar-refractivity contribution in [3.8, 4) is 33.4 Å². The highest BCUT2D eigenvalue weighted by Crippen LogP contribution is 2.31. The number of benzene rings is 4. The van der Waals surface area contributed by atoms with Crippen molar-refractivity contribution in [2.45, 2.75) is 72.1 Å². The van der Waals surface area contributed by atoms with E-state index in [0.717, 1.165) is 12.8 Å². The number of unbranched alkanes of at least 4 members (excludes halogenated alkanes) is 2. The van der Waals surface area contributed by atoms with Crippen molar-refractivity contribution in [2.24, 2.45) is 0 Å². The average Bonchev–Trinajstić information content (AvgIpc) is 2.92. The second-order valence-electron chi connectivity index (χ2n) is 9.80. The van der Waals surface area contributed by atoms with Gasteiger partial charge in [0.2, 0.25) is 0 Å². The Labute approximate surface area is 213 Å². The predicted molar refractivity (Wildman–Crippen MR) is 154 cm³/mol. The SMILES string of the molecule is CCCCc1ccc(-c2ccc(-c3ccc(-c4ccc(CCCC)cc4)c(CCC)c3)cc2)cc1. The summed E-state index contributed by atoms with van der Waals surface area (Å²) in [4.78, 5) is 0. The van der Waals surface area contributed by atoms with Crippen molar-refractivity contribution < 1.29 is 0 Å². The van der Waals surface area contributed by atoms with Gasteiger partial charge >= 0.3 is 0 Å². The summed E-state index contributed by atoms with van der Waals surface area (Å²) < 4.78 is 0. The van der Waals surface area contributed by atoms with Crippen LogP contribution in [0.4, 0.5) is 0 Å². The first-order valence-corrected chi connectivity index (χ1v) is 13.6. The van der Waals surface area contributed by atoms with E-state index in [2.05, 4.69) is 112 Å². The molecule has 0 bridgehead atoms. The second-order valence-corrected chi connectivity index (χ2v) is 9.80. The largest absolute Gasteiger partial charge is 0.0654 e. The smallest absolute Gasteiger partial charge is 0.0151 e. The molecule has 180 valence electrons. The van der Waals surface area contributed by atoms with Gasteiger partial charge < -0.3 is 0 Å². The summed E-state index contributed by atoms with van der Waals surface area (Å²) in [5, 5.41) is 0. The van der Waals surface area contributed by atoms with Crippen molar-refractivity contribution in [1.29, 1.82) is 0 Å². The van der Waals surface area contributed by atoms with Crippen LogP contribution in [0.3, 0.4) is 0 Å². The quantitative estimate of drug-likeness (QED) is 0.209. The summed E-state index contributed by atoms with van der Waals surface area (Å²) >= 11 is 0. The van der Waals surface area contributed by atoms with E-state index in [1.165, 1.54) is 88.6 Å². The first-order valence-electron chi connectivity index (χ1n) is 13.6. The first kappa shape index (κ1) is 25.0. The fourth-order valence-electron chi connectivity index (χ4n) is 4.86. The van der Waals surface area contributed by atoms with Crippen molar-refractivity contribution in [2.75, 3.05) is 0 Å². The molecule has 0 aliphatic rings. The minimum Gasteiger partial charge on any atom is -0.0654 e. The maximum Gasteiger partial charge on any atom is -0.0151 e. The van der Waals surface area contributed by atoms with Crippen LogP contribution < -0.4 is 0 Å². The Morgan fingerprint density at radius 1 is 0.400 bits per heavy atom. The average molecular weight is 461 g/mol. The Hall–Kier alpha value is -3.12. The third kappa shape index (κ3) is 6.51. The summed E-state index contributed by atoms with van der Waals surface area (Å²) in [6, 6.07) is 34.4. The Bertz CT molecular complexity index is 1180. The van der Waals surface area contributed by atoms with Gasteiger partial charge in [0.15, 0.2) is 0 Å². The lowest BCUT2D eigenvalue weighted by molar-refractivity contribution is 0.795. The minimum absolute atomic E-state index is 1.10. The van der Waals surface area contributed by atoms with Gasteiger partial charge in [0.1, 0.15) is 0 Å². The fourth-order valence-corrected chi connectivity index (χ4v) is 4.86. The van der Waals surface area contributed by atoms with Gasteiger partial charge in [-0.05, 0) is 82.2 Å². The van der Waals surface area contributed by atoms with Crippen LogP contribution in [0.2, 0.25) is 0 Å². The molecule has 0 fully saturated rings. The highest BCUT2D eigenvalue weighted by Gasteiger charge is 2.09. The molecule has 0 unspecified atom stereocenters. The topological polar surface area (TPSA) is 0 Å². The summed E-state index contributed by atoms with van der Waals surface area (Å²) in [6.45, 7) is 6.78. The molecule has 0 amide bonds. The van der Waals surface area contributed by atoms with Crippen LogP contribution in [0.25, 0.3) is 33.4 Å². The van der Waals surface area contributed by atoms with Gasteiger partial charge in [0.05, 0.1) is 0 Å². The summed E-state index contributed by atoms with van der Waals surface area (Å²) in [5.41, 5.74) is 12.2. The van der Waals surface area contributed by atoms with Crippen LogP contribution in [0.15, 0.2) is 91.0 Å². The minimum atomic E-state index is 1.10. The molecule has 0 aromatic heterocycles. The van der Waals surface area contributed by atoms with Crippen molar-refractivity contribution in [3.63, 3.8) is 0 Å². The van der Waals surface area contributed by atoms with Crippen LogP contribution in [-0.2, 0) is 19.3 Å². The molecule has 35 heavy (non-hydrogen) atoms. The number of hydrogen-bond acceptors (Lipinski definition) is 0. The normalized spacial score (nSPS) is 11.1. The van der Waals surface area contributed by atoms with Crippen molar-refractivity contribution in [3.05, 3.63) is 108 Å². The van der Waals surface area contributed by atoms with E-state index < -0.39 is 0 Å². The maximum atomic E-state index is 2.40. The zero-order valence-electron chi connectivity index (χ0n) is 21.8. The number of hydrogen-bond donors (Lipinski definition) is 0. The van der Waals surface area contributed by atoms with Crippen molar-refractivity contribution in [1.82, 2.24) is 0 Å². The summed E-state index contributed by atoms with van der Waals surface area (Å²) in [6.07, 6.45) is 9.62. The maximum absolute atomic E-state index is 2.40. The van der Waals surface area contributed by atoms with Gasteiger partial charge in [-0.1, -0.05) is 131 Å². The first-order chi connectivity index (χ1) is 17.2. The van der Waals surface area contributed by atoms with Crippen molar-refractivity contribution >= 4 is 0 Å². The number of aryl methyl sites for hydroxylation is 3. The van der Waals surface area contributed by atoms with Crippen LogP contribution in [-0.4, -0.2) is 0 Å². The molecule has 0 saturated carbocycles. The monoisotopic (exact) mass is 460 g/mol. The Morgan fingerprint density at radius 3 is 1.31 bits per heavy atom. The molecule has 4 aromatic carbocycles. The van der Waals surface area contributed by atoms with E-state index in [4.69, 9.17) is 0 Å². The molecule has 0 nitrogen and oxygen atoms in total. The van der Waals surface area contributed by atoms with Gasteiger partial charge in [-0.3, -0.25) is 0 Å². The van der Waals surface area contributed by atoms with E-state index in [1.54, 1.807) is 0 Å². The molecule has 4 rings (SSSR count). The molecule has 0 aliphatic heterocycles. The van der Waals surface area contributed by atoms with Crippen LogP contribution in [0.5, 0.6) is 0 Å². The van der Waals surface area contributed by atoms with E-state index >= 15 is 0 Å². The van der Waals surface area contributed by atoms with Gasteiger partial charge in [0, 0.05) is 0 Å². The molecular weight excluding hydrogens is 420 g/mol. The fraction of sp³-hybridized carbons (Fsp3) is 0.314. The van der Waals surface area contributed by atoms with Gasteiger partial charge in [-0.25, -0.2) is 0 Å². The lowest BCUT2D eigenvalue weighted by atomic mass is 9.91. The Morgan fingerprint density at radius 2 is 0.829 bits per heavy atom. The third-order valence-corrected chi connectivity index (χ3v) is 7.03. The Balaban J connectivity index is 1.54. The molecule has 0 N–H and O–H groups in total. The highest BCUT2D eigenvalue weighted by molar-refractivity contribution is 5.75. The third-order valence-electron chi connectivity index (χ3n) is 7.03. The van der Waals surface area contributed by atoms with E-state index in [1.807, 2.05) is 0 Å². The van der Waals surface area contributed by atoms with Gasteiger partial charge in [0.25, 0.3) is 0 Å². The van der Waals surface area contributed by atoms with Crippen LogP contribution >= 0.6 is 0 Å². The Kier molecular flexibility index (Phi) is 8.96. The lowest BCUT2D eigenvalue weighted by Gasteiger charge is -2.13. The van der Waals surface area contributed by atoms with E-state index in [-0.39, 0.29) is 0 Å². The molecule has 0 heterocycles. The highest BCUT2D eigenvalue weighted by atomic mass is 14.1.